The third-order valence-electron chi connectivity index (χ3n) is 5.25. The van der Waals surface area contributed by atoms with Crippen molar-refractivity contribution in [3.05, 3.63) is 77.2 Å². The van der Waals surface area contributed by atoms with Gasteiger partial charge in [0.1, 0.15) is 5.82 Å². The highest BCUT2D eigenvalue weighted by Gasteiger charge is 2.38. The van der Waals surface area contributed by atoms with Gasteiger partial charge in [0.2, 0.25) is 0 Å². The van der Waals surface area contributed by atoms with E-state index >= 15 is 0 Å². The number of carbonyl (C=O) groups is 1. The van der Waals surface area contributed by atoms with Gasteiger partial charge in [-0.2, -0.15) is 13.2 Å². The van der Waals surface area contributed by atoms with E-state index in [-0.39, 0.29) is 22.7 Å². The van der Waals surface area contributed by atoms with E-state index < -0.39 is 38.4 Å². The van der Waals surface area contributed by atoms with Crippen LogP contribution in [-0.2, 0) is 20.9 Å². The number of methoxy groups -OCH3 is 1. The molecule has 1 fully saturated rings. The predicted octanol–water partition coefficient (Wildman–Crippen LogP) is 5.21. The van der Waals surface area contributed by atoms with Crippen molar-refractivity contribution >= 4 is 16.0 Å². The smallest absolute Gasteiger partial charge is 0.416 e. The van der Waals surface area contributed by atoms with Crippen molar-refractivity contribution in [1.29, 1.82) is 0 Å². The van der Waals surface area contributed by atoms with Crippen LogP contribution in [0.15, 0.2) is 59.6 Å². The lowest BCUT2D eigenvalue weighted by Gasteiger charge is -2.14. The van der Waals surface area contributed by atoms with Crippen LogP contribution in [0.4, 0.5) is 17.6 Å². The van der Waals surface area contributed by atoms with Gasteiger partial charge in [-0.05, 0) is 54.7 Å². The molecule has 0 spiro atoms. The van der Waals surface area contributed by atoms with Crippen LogP contribution in [0, 0.1) is 5.82 Å². The Balaban J connectivity index is 2.03. The molecule has 1 heterocycles. The Morgan fingerprint density at radius 3 is 2.38 bits per heavy atom. The van der Waals surface area contributed by atoms with E-state index in [9.17, 15) is 30.8 Å². The zero-order valence-corrected chi connectivity index (χ0v) is 17.5. The van der Waals surface area contributed by atoms with Crippen molar-refractivity contribution in [2.24, 2.45) is 0 Å². The summed E-state index contributed by atoms with van der Waals surface area (Å²) in [5, 5.41) is 0. The van der Waals surface area contributed by atoms with Crippen molar-refractivity contribution < 1.29 is 35.5 Å². The highest BCUT2D eigenvalue weighted by Crippen LogP contribution is 2.48. The summed E-state index contributed by atoms with van der Waals surface area (Å²) in [6.07, 6.45) is -2.46. The van der Waals surface area contributed by atoms with Gasteiger partial charge in [0, 0.05) is 11.8 Å². The quantitative estimate of drug-likeness (QED) is 0.382. The average Bonchev–Trinajstić information content (AvgIpc) is 3.52. The van der Waals surface area contributed by atoms with Crippen molar-refractivity contribution in [3.8, 4) is 11.3 Å². The summed E-state index contributed by atoms with van der Waals surface area (Å²) in [4.78, 5) is 11.8. The van der Waals surface area contributed by atoms with Crippen LogP contribution in [-0.4, -0.2) is 25.5 Å². The van der Waals surface area contributed by atoms with E-state index in [1.807, 2.05) is 0 Å². The number of alkyl halides is 3. The molecule has 0 amide bonds. The molecule has 32 heavy (non-hydrogen) atoms. The van der Waals surface area contributed by atoms with Crippen LogP contribution in [0.3, 0.4) is 0 Å². The minimum Gasteiger partial charge on any atom is -0.465 e. The Bertz CT molecular complexity index is 1310. The summed E-state index contributed by atoms with van der Waals surface area (Å²) in [5.74, 6) is -1.75. The molecule has 1 aromatic heterocycles. The third kappa shape index (κ3) is 3.79. The molecule has 0 radical (unpaired) electrons. The first-order valence-electron chi connectivity index (χ1n) is 9.57. The first-order chi connectivity index (χ1) is 15.1. The number of rotatable bonds is 5. The van der Waals surface area contributed by atoms with Crippen LogP contribution >= 0.6 is 0 Å². The van der Waals surface area contributed by atoms with Crippen LogP contribution in [0.25, 0.3) is 11.3 Å². The fourth-order valence-electron chi connectivity index (χ4n) is 3.61. The molecule has 1 aliphatic carbocycles. The molecule has 10 heteroatoms. The van der Waals surface area contributed by atoms with Gasteiger partial charge in [0.05, 0.1) is 28.8 Å². The van der Waals surface area contributed by atoms with Gasteiger partial charge in [0.15, 0.2) is 0 Å². The second kappa shape index (κ2) is 7.77. The number of benzene rings is 2. The Kier molecular flexibility index (Phi) is 5.36. The molecular formula is C22H17F4NO4S. The van der Waals surface area contributed by atoms with Crippen LogP contribution in [0.2, 0.25) is 0 Å². The minimum atomic E-state index is -4.76. The first kappa shape index (κ1) is 22.1. The molecule has 2 aromatic carbocycles. The molecule has 168 valence electrons. The number of hydrogen-bond acceptors (Lipinski definition) is 4. The fourth-order valence-corrected chi connectivity index (χ4v) is 5.04. The zero-order valence-electron chi connectivity index (χ0n) is 16.7. The van der Waals surface area contributed by atoms with E-state index in [0.717, 1.165) is 37.6 Å². The zero-order chi connectivity index (χ0) is 23.3. The van der Waals surface area contributed by atoms with Gasteiger partial charge in [-0.3, -0.25) is 0 Å². The van der Waals surface area contributed by atoms with Crippen LogP contribution in [0.1, 0.15) is 40.2 Å². The average molecular weight is 467 g/mol. The monoisotopic (exact) mass is 467 g/mol. The van der Waals surface area contributed by atoms with Crippen molar-refractivity contribution in [1.82, 2.24) is 3.97 Å². The summed E-state index contributed by atoms with van der Waals surface area (Å²) >= 11 is 0. The van der Waals surface area contributed by atoms with Crippen molar-refractivity contribution in [3.63, 3.8) is 0 Å². The SMILES string of the molecule is COC(=O)c1cn(S(=O)(=O)c2cccc(C(F)(F)F)c2)c(-c2ccccc2F)c1C1CC1. The Morgan fingerprint density at radius 1 is 1.09 bits per heavy atom. The number of aromatic nitrogens is 1. The van der Waals surface area contributed by atoms with Gasteiger partial charge < -0.3 is 4.74 Å². The van der Waals surface area contributed by atoms with Crippen LogP contribution in [0.5, 0.6) is 0 Å². The number of ether oxygens (including phenoxy) is 1. The van der Waals surface area contributed by atoms with Gasteiger partial charge >= 0.3 is 12.1 Å². The Morgan fingerprint density at radius 2 is 1.78 bits per heavy atom. The van der Waals surface area contributed by atoms with Gasteiger partial charge in [-0.1, -0.05) is 18.2 Å². The lowest BCUT2D eigenvalue weighted by Crippen LogP contribution is -2.15. The van der Waals surface area contributed by atoms with E-state index in [4.69, 9.17) is 4.74 Å². The molecular weight excluding hydrogens is 450 g/mol. The Labute approximate surface area is 181 Å². The lowest BCUT2D eigenvalue weighted by atomic mass is 10.0. The number of esters is 1. The summed E-state index contributed by atoms with van der Waals surface area (Å²) in [7, 11) is -3.50. The topological polar surface area (TPSA) is 65.4 Å². The molecule has 1 aliphatic rings. The number of carbonyl (C=O) groups excluding carboxylic acids is 1. The summed E-state index contributed by atoms with van der Waals surface area (Å²) < 4.78 is 86.7. The Hall–Kier alpha value is -3.14. The van der Waals surface area contributed by atoms with E-state index in [1.165, 1.54) is 18.2 Å². The largest absolute Gasteiger partial charge is 0.465 e. The maximum atomic E-state index is 14.7. The molecule has 1 saturated carbocycles. The fraction of sp³-hybridized carbons (Fsp3) is 0.227. The number of hydrogen-bond donors (Lipinski definition) is 0. The predicted molar refractivity (Wildman–Crippen MR) is 107 cm³/mol. The molecule has 0 N–H and O–H groups in total. The first-order valence-corrected chi connectivity index (χ1v) is 11.0. The normalized spacial score (nSPS) is 14.4. The molecule has 0 bridgehead atoms. The lowest BCUT2D eigenvalue weighted by molar-refractivity contribution is -0.137. The summed E-state index contributed by atoms with van der Waals surface area (Å²) in [6, 6.07) is 8.67. The summed E-state index contributed by atoms with van der Waals surface area (Å²) in [5.41, 5.74) is -1.08. The summed E-state index contributed by atoms with van der Waals surface area (Å²) in [6.45, 7) is 0. The van der Waals surface area contributed by atoms with Gasteiger partial charge in [-0.15, -0.1) is 0 Å². The molecule has 5 nitrogen and oxygen atoms in total. The van der Waals surface area contributed by atoms with Crippen molar-refractivity contribution in [2.75, 3.05) is 7.11 Å². The highest BCUT2D eigenvalue weighted by molar-refractivity contribution is 7.90. The second-order valence-electron chi connectivity index (χ2n) is 7.38. The molecule has 0 atom stereocenters. The van der Waals surface area contributed by atoms with Crippen LogP contribution < -0.4 is 0 Å². The van der Waals surface area contributed by atoms with E-state index in [0.29, 0.717) is 28.4 Å². The molecule has 0 unspecified atom stereocenters. The maximum absolute atomic E-state index is 14.7. The number of halogens is 4. The van der Waals surface area contributed by atoms with Crippen molar-refractivity contribution in [2.45, 2.75) is 29.8 Å². The molecule has 3 aromatic rings. The molecule has 0 saturated heterocycles. The number of nitrogens with zero attached hydrogens (tertiary/aromatic N) is 1. The second-order valence-corrected chi connectivity index (χ2v) is 9.19. The minimum absolute atomic E-state index is 0.0659. The third-order valence-corrected chi connectivity index (χ3v) is 6.91. The highest BCUT2D eigenvalue weighted by atomic mass is 32.2. The van der Waals surface area contributed by atoms with Gasteiger partial charge in [-0.25, -0.2) is 21.6 Å². The standard InChI is InChI=1S/C22H17F4NO4S/c1-31-21(28)17-12-27(32(29,30)15-6-4-5-14(11-15)22(24,25)26)20(19(17)13-9-10-13)16-7-2-3-8-18(16)23/h2-8,11-13H,9-10H2,1H3. The van der Waals surface area contributed by atoms with E-state index in [1.54, 1.807) is 0 Å². The molecule has 4 rings (SSSR count). The van der Waals surface area contributed by atoms with Gasteiger partial charge in [0.25, 0.3) is 10.0 Å². The molecule has 0 aliphatic heterocycles. The van der Waals surface area contributed by atoms with E-state index in [2.05, 4.69) is 0 Å². The maximum Gasteiger partial charge on any atom is 0.416 e.